The molecule has 0 aromatic heterocycles. The number of carbonyl (C=O) groups excluding carboxylic acids is 2. The lowest BCUT2D eigenvalue weighted by Gasteiger charge is -2.23. The number of amides is 2. The third-order valence-corrected chi connectivity index (χ3v) is 6.39. The van der Waals surface area contributed by atoms with Crippen molar-refractivity contribution in [2.75, 3.05) is 6.54 Å². The van der Waals surface area contributed by atoms with Gasteiger partial charge in [-0.25, -0.2) is 0 Å². The van der Waals surface area contributed by atoms with E-state index in [9.17, 15) is 14.7 Å². The van der Waals surface area contributed by atoms with E-state index in [1.54, 1.807) is 0 Å². The molecule has 0 saturated carbocycles. The van der Waals surface area contributed by atoms with Crippen molar-refractivity contribution in [3.63, 3.8) is 0 Å². The maximum absolute atomic E-state index is 13.6. The molecule has 7 N–H and O–H groups in total. The van der Waals surface area contributed by atoms with E-state index in [2.05, 4.69) is 16.0 Å². The van der Waals surface area contributed by atoms with Gasteiger partial charge in [-0.1, -0.05) is 83.9 Å². The average Bonchev–Trinajstić information content (AvgIpc) is 2.86. The Balaban J connectivity index is 1.79. The Morgan fingerprint density at radius 2 is 1.43 bits per heavy atom. The van der Waals surface area contributed by atoms with Gasteiger partial charge in [0.1, 0.15) is 11.8 Å². The van der Waals surface area contributed by atoms with Crippen LogP contribution in [-0.4, -0.2) is 35.5 Å². The highest BCUT2D eigenvalue weighted by molar-refractivity contribution is 6.36. The van der Waals surface area contributed by atoms with Gasteiger partial charge in [-0.05, 0) is 36.1 Å². The summed E-state index contributed by atoms with van der Waals surface area (Å²) in [4.78, 5) is 26.8. The number of nitrogens with one attached hydrogen (secondary N) is 4. The van der Waals surface area contributed by atoms with Crippen molar-refractivity contribution in [1.29, 1.82) is 5.41 Å². The predicted octanol–water partition coefficient (Wildman–Crippen LogP) is 3.90. The van der Waals surface area contributed by atoms with E-state index >= 15 is 0 Å². The first-order chi connectivity index (χ1) is 17.8. The van der Waals surface area contributed by atoms with Gasteiger partial charge >= 0.3 is 0 Å². The minimum atomic E-state index is -0.870. The Labute approximate surface area is 225 Å². The normalized spacial score (nSPS) is 11.5. The summed E-state index contributed by atoms with van der Waals surface area (Å²) >= 11 is 12.4. The van der Waals surface area contributed by atoms with Crippen LogP contribution < -0.4 is 21.7 Å². The van der Waals surface area contributed by atoms with Gasteiger partial charge in [0.15, 0.2) is 5.96 Å². The van der Waals surface area contributed by atoms with Crippen LogP contribution in [0.1, 0.15) is 35.4 Å². The second-order valence-corrected chi connectivity index (χ2v) is 9.22. The standard InChI is InChI=1S/C27H29Cl2N5O3/c28-21-14-19(35)15-22(29)20(21)16-33-25(36)23(12-7-13-32-27(30)31)34-26(37)24(17-8-3-1-4-9-17)18-10-5-2-6-11-18/h1-6,8-11,14-15,23-24,35H,7,12-13,16H2,(H,33,36)(H,34,37)(H4,30,31,32)/t23-/m1/s1. The molecule has 2 amide bonds. The number of hydrogen-bond donors (Lipinski definition) is 6. The largest absolute Gasteiger partial charge is 0.508 e. The quantitative estimate of drug-likeness (QED) is 0.124. The monoisotopic (exact) mass is 541 g/mol. The van der Waals surface area contributed by atoms with E-state index in [0.29, 0.717) is 24.9 Å². The molecule has 0 aliphatic rings. The van der Waals surface area contributed by atoms with E-state index < -0.39 is 17.9 Å². The van der Waals surface area contributed by atoms with E-state index in [-0.39, 0.29) is 34.2 Å². The van der Waals surface area contributed by atoms with Gasteiger partial charge in [0.05, 0.1) is 16.0 Å². The van der Waals surface area contributed by atoms with Crippen molar-refractivity contribution in [2.24, 2.45) is 5.73 Å². The molecule has 0 unspecified atom stereocenters. The number of aromatic hydroxyl groups is 1. The van der Waals surface area contributed by atoms with Crippen LogP contribution >= 0.6 is 23.2 Å². The molecule has 0 bridgehead atoms. The number of phenols is 1. The fraction of sp³-hybridized carbons (Fsp3) is 0.222. The highest BCUT2D eigenvalue weighted by Crippen LogP contribution is 2.29. The molecule has 3 aromatic rings. The molecule has 0 spiro atoms. The van der Waals surface area contributed by atoms with Gasteiger partial charge in [-0.15, -0.1) is 0 Å². The maximum atomic E-state index is 13.6. The molecule has 0 heterocycles. The van der Waals surface area contributed by atoms with E-state index in [0.717, 1.165) is 11.1 Å². The summed E-state index contributed by atoms with van der Waals surface area (Å²) in [6, 6.07) is 20.5. The second-order valence-electron chi connectivity index (χ2n) is 8.40. The predicted molar refractivity (Wildman–Crippen MR) is 146 cm³/mol. The van der Waals surface area contributed by atoms with Gasteiger partial charge in [-0.3, -0.25) is 15.0 Å². The molecule has 0 aliphatic carbocycles. The Hall–Kier alpha value is -3.75. The first-order valence-corrected chi connectivity index (χ1v) is 12.4. The number of guanidine groups is 1. The zero-order valence-corrected chi connectivity index (χ0v) is 21.5. The molecule has 3 aromatic carbocycles. The van der Waals surface area contributed by atoms with Crippen LogP contribution in [0.15, 0.2) is 72.8 Å². The number of phenolic OH excluding ortho intramolecular Hbond substituents is 1. The summed E-state index contributed by atoms with van der Waals surface area (Å²) in [6.45, 7) is 0.376. The van der Waals surface area contributed by atoms with Crippen LogP contribution in [0.25, 0.3) is 0 Å². The molecule has 0 saturated heterocycles. The van der Waals surface area contributed by atoms with E-state index in [1.807, 2.05) is 60.7 Å². The third kappa shape index (κ3) is 8.13. The Bertz CT molecular complexity index is 1160. The Kier molecular flexibility index (Phi) is 10.2. The second kappa shape index (κ2) is 13.5. The highest BCUT2D eigenvalue weighted by atomic mass is 35.5. The molecule has 0 aliphatic heterocycles. The topological polar surface area (TPSA) is 140 Å². The van der Waals surface area contributed by atoms with Crippen molar-refractivity contribution in [2.45, 2.75) is 31.3 Å². The number of rotatable bonds is 11. The smallest absolute Gasteiger partial charge is 0.242 e. The molecule has 0 radical (unpaired) electrons. The molecular formula is C27H29Cl2N5O3. The summed E-state index contributed by atoms with van der Waals surface area (Å²) in [5.41, 5.74) is 7.39. The van der Waals surface area contributed by atoms with Crippen molar-refractivity contribution < 1.29 is 14.7 Å². The van der Waals surface area contributed by atoms with Gasteiger partial charge in [-0.2, -0.15) is 0 Å². The molecule has 3 rings (SSSR count). The summed E-state index contributed by atoms with van der Waals surface area (Å²) in [5, 5.41) is 25.8. The van der Waals surface area contributed by atoms with E-state index in [4.69, 9.17) is 34.3 Å². The highest BCUT2D eigenvalue weighted by Gasteiger charge is 2.28. The average molecular weight is 542 g/mol. The molecule has 37 heavy (non-hydrogen) atoms. The first-order valence-electron chi connectivity index (χ1n) is 11.7. The van der Waals surface area contributed by atoms with Crippen LogP contribution in [0.4, 0.5) is 0 Å². The van der Waals surface area contributed by atoms with E-state index in [1.165, 1.54) is 12.1 Å². The first kappa shape index (κ1) is 27.8. The third-order valence-electron chi connectivity index (χ3n) is 5.71. The van der Waals surface area contributed by atoms with Gasteiger partial charge < -0.3 is 26.8 Å². The number of nitrogens with two attached hydrogens (primary N) is 1. The summed E-state index contributed by atoms with van der Waals surface area (Å²) in [7, 11) is 0. The number of halogens is 2. The minimum Gasteiger partial charge on any atom is -0.508 e. The summed E-state index contributed by atoms with van der Waals surface area (Å²) in [5.74, 6) is -1.61. The van der Waals surface area contributed by atoms with Crippen LogP contribution in [0.3, 0.4) is 0 Å². The molecular weight excluding hydrogens is 513 g/mol. The number of hydrogen-bond acceptors (Lipinski definition) is 4. The van der Waals surface area contributed by atoms with Crippen molar-refractivity contribution >= 4 is 41.0 Å². The van der Waals surface area contributed by atoms with Crippen LogP contribution in [0.5, 0.6) is 5.75 Å². The molecule has 0 fully saturated rings. The van der Waals surface area contributed by atoms with Crippen molar-refractivity contribution in [3.8, 4) is 5.75 Å². The van der Waals surface area contributed by atoms with Crippen LogP contribution in [0, 0.1) is 5.41 Å². The van der Waals surface area contributed by atoms with Gasteiger partial charge in [0.2, 0.25) is 11.8 Å². The number of benzene rings is 3. The Morgan fingerprint density at radius 1 is 0.892 bits per heavy atom. The van der Waals surface area contributed by atoms with Crippen molar-refractivity contribution in [1.82, 2.24) is 16.0 Å². The van der Waals surface area contributed by atoms with Crippen LogP contribution in [-0.2, 0) is 16.1 Å². The molecule has 194 valence electrons. The fourth-order valence-electron chi connectivity index (χ4n) is 3.90. The Morgan fingerprint density at radius 3 is 1.95 bits per heavy atom. The van der Waals surface area contributed by atoms with Crippen LogP contribution in [0.2, 0.25) is 10.0 Å². The number of carbonyl (C=O) groups is 2. The van der Waals surface area contributed by atoms with Crippen molar-refractivity contribution in [3.05, 3.63) is 99.5 Å². The lowest BCUT2D eigenvalue weighted by atomic mass is 9.90. The fourth-order valence-corrected chi connectivity index (χ4v) is 4.51. The summed E-state index contributed by atoms with van der Waals surface area (Å²) < 4.78 is 0. The van der Waals surface area contributed by atoms with Gasteiger partial charge in [0.25, 0.3) is 0 Å². The maximum Gasteiger partial charge on any atom is 0.242 e. The lowest BCUT2D eigenvalue weighted by molar-refractivity contribution is -0.129. The zero-order chi connectivity index (χ0) is 26.8. The zero-order valence-electron chi connectivity index (χ0n) is 20.0. The van der Waals surface area contributed by atoms with Gasteiger partial charge in [0, 0.05) is 18.7 Å². The SMILES string of the molecule is N=C(N)NCCC[C@@H](NC(=O)C(c1ccccc1)c1ccccc1)C(=O)NCc1c(Cl)cc(O)cc1Cl. The molecule has 8 nitrogen and oxygen atoms in total. The molecule has 1 atom stereocenters. The minimum absolute atomic E-state index is 0.00957. The summed E-state index contributed by atoms with van der Waals surface area (Å²) in [6.07, 6.45) is 0.769. The lowest BCUT2D eigenvalue weighted by Crippen LogP contribution is -2.48. The molecule has 10 heteroatoms.